The van der Waals surface area contributed by atoms with Crippen molar-refractivity contribution in [2.45, 2.75) is 26.8 Å². The highest BCUT2D eigenvalue weighted by molar-refractivity contribution is 9.10. The first kappa shape index (κ1) is 19.2. The number of carbonyl (C=O) groups excluding carboxylic acids is 2. The lowest BCUT2D eigenvalue weighted by molar-refractivity contribution is -0.144. The summed E-state index contributed by atoms with van der Waals surface area (Å²) in [4.78, 5) is 26.5. The van der Waals surface area contributed by atoms with Gasteiger partial charge in [-0.3, -0.25) is 14.3 Å². The molecule has 0 fully saturated rings. The van der Waals surface area contributed by atoms with Crippen LogP contribution in [0.1, 0.15) is 41.6 Å². The van der Waals surface area contributed by atoms with Crippen LogP contribution in [0.4, 0.5) is 0 Å². The summed E-state index contributed by atoms with van der Waals surface area (Å²) in [6.07, 6.45) is 0. The number of rotatable bonds is 6. The van der Waals surface area contributed by atoms with Crippen molar-refractivity contribution in [3.8, 4) is 0 Å². The van der Waals surface area contributed by atoms with E-state index >= 15 is 0 Å². The smallest absolute Gasteiger partial charge is 0.325 e. The van der Waals surface area contributed by atoms with Gasteiger partial charge in [0.15, 0.2) is 5.69 Å². The van der Waals surface area contributed by atoms with Crippen LogP contribution in [0.5, 0.6) is 0 Å². The van der Waals surface area contributed by atoms with Crippen molar-refractivity contribution in [1.29, 1.82) is 0 Å². The van der Waals surface area contributed by atoms with Gasteiger partial charge in [0.2, 0.25) is 0 Å². The van der Waals surface area contributed by atoms with Gasteiger partial charge in [-0.2, -0.15) is 5.10 Å². The number of hydrogen-bond acceptors (Lipinski definition) is 4. The molecule has 0 bridgehead atoms. The Labute approximate surface area is 155 Å². The Morgan fingerprint density at radius 3 is 2.64 bits per heavy atom. The molecule has 0 aliphatic rings. The number of amides is 1. The SMILES string of the molecule is CCOC(=O)CN(C(=O)c1cc(C)n(C)n1)[C@H](C)c1cccc(Br)c1. The number of hydrogen-bond donors (Lipinski definition) is 0. The number of aryl methyl sites for hydroxylation is 2. The lowest BCUT2D eigenvalue weighted by Crippen LogP contribution is -2.38. The molecule has 25 heavy (non-hydrogen) atoms. The van der Waals surface area contributed by atoms with E-state index in [-0.39, 0.29) is 25.1 Å². The molecule has 0 aliphatic carbocycles. The third-order valence-corrected chi connectivity index (χ3v) is 4.49. The molecule has 0 saturated carbocycles. The normalized spacial score (nSPS) is 11.9. The van der Waals surface area contributed by atoms with E-state index in [0.29, 0.717) is 5.69 Å². The fourth-order valence-corrected chi connectivity index (χ4v) is 2.91. The highest BCUT2D eigenvalue weighted by atomic mass is 79.9. The lowest BCUT2D eigenvalue weighted by Gasteiger charge is -2.28. The Morgan fingerprint density at radius 2 is 2.08 bits per heavy atom. The van der Waals surface area contributed by atoms with E-state index in [0.717, 1.165) is 15.7 Å². The van der Waals surface area contributed by atoms with E-state index in [1.807, 2.05) is 38.1 Å². The average molecular weight is 408 g/mol. The monoisotopic (exact) mass is 407 g/mol. The Bertz CT molecular complexity index is 753. The van der Waals surface area contributed by atoms with Crippen molar-refractivity contribution < 1.29 is 14.3 Å². The van der Waals surface area contributed by atoms with Crippen LogP contribution in [0.15, 0.2) is 34.8 Å². The molecule has 6 nitrogen and oxygen atoms in total. The maximum atomic E-state index is 13.0. The lowest BCUT2D eigenvalue weighted by atomic mass is 10.1. The number of ether oxygens (including phenoxy) is 1. The summed E-state index contributed by atoms with van der Waals surface area (Å²) in [6, 6.07) is 9.07. The average Bonchev–Trinajstić information content (AvgIpc) is 2.91. The summed E-state index contributed by atoms with van der Waals surface area (Å²) in [7, 11) is 1.78. The van der Waals surface area contributed by atoms with Gasteiger partial charge in [-0.25, -0.2) is 0 Å². The van der Waals surface area contributed by atoms with Crippen molar-refractivity contribution >= 4 is 27.8 Å². The second-order valence-corrected chi connectivity index (χ2v) is 6.68. The van der Waals surface area contributed by atoms with Gasteiger partial charge in [0.25, 0.3) is 5.91 Å². The zero-order valence-corrected chi connectivity index (χ0v) is 16.4. The van der Waals surface area contributed by atoms with Crippen molar-refractivity contribution in [2.24, 2.45) is 7.05 Å². The van der Waals surface area contributed by atoms with Crippen LogP contribution >= 0.6 is 15.9 Å². The fourth-order valence-electron chi connectivity index (χ4n) is 2.49. The van der Waals surface area contributed by atoms with Crippen molar-refractivity contribution in [2.75, 3.05) is 13.2 Å². The van der Waals surface area contributed by atoms with Crippen molar-refractivity contribution in [3.05, 3.63) is 51.8 Å². The molecule has 7 heteroatoms. The molecular formula is C18H22BrN3O3. The fraction of sp³-hybridized carbons (Fsp3) is 0.389. The molecule has 0 unspecified atom stereocenters. The summed E-state index contributed by atoms with van der Waals surface area (Å²) in [5.41, 5.74) is 2.10. The molecular weight excluding hydrogens is 386 g/mol. The van der Waals surface area contributed by atoms with E-state index < -0.39 is 5.97 Å². The molecule has 1 aromatic heterocycles. The summed E-state index contributed by atoms with van der Waals surface area (Å²) in [5.74, 6) is -0.741. The van der Waals surface area contributed by atoms with Crippen molar-refractivity contribution in [3.63, 3.8) is 0 Å². The molecule has 0 aliphatic heterocycles. The first-order valence-corrected chi connectivity index (χ1v) is 8.85. The van der Waals surface area contributed by atoms with Gasteiger partial charge in [0.05, 0.1) is 12.6 Å². The molecule has 1 aromatic carbocycles. The van der Waals surface area contributed by atoms with E-state index in [9.17, 15) is 9.59 Å². The second kappa shape index (κ2) is 8.29. The molecule has 2 rings (SSSR count). The van der Waals surface area contributed by atoms with Crippen LogP contribution in [-0.4, -0.2) is 39.7 Å². The molecule has 0 spiro atoms. The molecule has 1 amide bonds. The van der Waals surface area contributed by atoms with Crippen LogP contribution in [0.25, 0.3) is 0 Å². The van der Waals surface area contributed by atoms with Gasteiger partial charge >= 0.3 is 5.97 Å². The predicted molar refractivity (Wildman–Crippen MR) is 98.2 cm³/mol. The molecule has 1 heterocycles. The Hall–Kier alpha value is -2.15. The first-order chi connectivity index (χ1) is 11.8. The van der Waals surface area contributed by atoms with Gasteiger partial charge in [-0.05, 0) is 44.5 Å². The minimum absolute atomic E-state index is 0.129. The van der Waals surface area contributed by atoms with Gasteiger partial charge < -0.3 is 9.64 Å². The molecule has 1 atom stereocenters. The van der Waals surface area contributed by atoms with Crippen LogP contribution in [-0.2, 0) is 16.6 Å². The summed E-state index contributed by atoms with van der Waals surface area (Å²) >= 11 is 3.44. The van der Waals surface area contributed by atoms with Crippen LogP contribution in [0.2, 0.25) is 0 Å². The number of aromatic nitrogens is 2. The van der Waals surface area contributed by atoms with Crippen LogP contribution in [0.3, 0.4) is 0 Å². The van der Waals surface area contributed by atoms with Gasteiger partial charge in [-0.1, -0.05) is 28.1 Å². The van der Waals surface area contributed by atoms with E-state index in [4.69, 9.17) is 4.74 Å². The maximum absolute atomic E-state index is 13.0. The Balaban J connectivity index is 2.34. The minimum atomic E-state index is -0.439. The number of benzene rings is 1. The van der Waals surface area contributed by atoms with E-state index in [1.54, 1.807) is 24.7 Å². The zero-order valence-electron chi connectivity index (χ0n) is 14.8. The third-order valence-electron chi connectivity index (χ3n) is 4.00. The number of esters is 1. The molecule has 0 radical (unpaired) electrons. The van der Waals surface area contributed by atoms with Crippen molar-refractivity contribution in [1.82, 2.24) is 14.7 Å². The number of carbonyl (C=O) groups is 2. The molecule has 0 N–H and O–H groups in total. The van der Waals surface area contributed by atoms with E-state index in [1.165, 1.54) is 4.90 Å². The topological polar surface area (TPSA) is 64.4 Å². The van der Waals surface area contributed by atoms with E-state index in [2.05, 4.69) is 21.0 Å². The Kier molecular flexibility index (Phi) is 6.36. The van der Waals surface area contributed by atoms with Gasteiger partial charge in [0.1, 0.15) is 6.54 Å². The van der Waals surface area contributed by atoms with Crippen LogP contribution < -0.4 is 0 Å². The molecule has 2 aromatic rings. The zero-order chi connectivity index (χ0) is 18.6. The first-order valence-electron chi connectivity index (χ1n) is 8.06. The number of nitrogens with zero attached hydrogens (tertiary/aromatic N) is 3. The van der Waals surface area contributed by atoms with Gasteiger partial charge in [-0.15, -0.1) is 0 Å². The predicted octanol–water partition coefficient (Wildman–Crippen LogP) is 3.26. The maximum Gasteiger partial charge on any atom is 0.325 e. The quantitative estimate of drug-likeness (QED) is 0.689. The molecule has 134 valence electrons. The van der Waals surface area contributed by atoms with Crippen LogP contribution in [0, 0.1) is 6.92 Å². The standard InChI is InChI=1S/C18H22BrN3O3/c1-5-25-17(23)11-22(13(3)14-7-6-8-15(19)10-14)18(24)16-9-12(2)21(4)20-16/h6-10,13H,5,11H2,1-4H3/t13-/m1/s1. The number of halogens is 1. The Morgan fingerprint density at radius 1 is 1.36 bits per heavy atom. The molecule has 0 saturated heterocycles. The summed E-state index contributed by atoms with van der Waals surface area (Å²) in [5, 5.41) is 4.24. The summed E-state index contributed by atoms with van der Waals surface area (Å²) in [6.45, 7) is 5.64. The highest BCUT2D eigenvalue weighted by Gasteiger charge is 2.27. The largest absolute Gasteiger partial charge is 0.465 e. The minimum Gasteiger partial charge on any atom is -0.465 e. The summed E-state index contributed by atoms with van der Waals surface area (Å²) < 4.78 is 7.58. The highest BCUT2D eigenvalue weighted by Crippen LogP contribution is 2.25. The third kappa shape index (κ3) is 4.69. The second-order valence-electron chi connectivity index (χ2n) is 5.76. The van der Waals surface area contributed by atoms with Gasteiger partial charge in [0, 0.05) is 17.2 Å².